The van der Waals surface area contributed by atoms with Crippen molar-refractivity contribution >= 4 is 11.8 Å². The van der Waals surface area contributed by atoms with Gasteiger partial charge in [0.1, 0.15) is 12.4 Å². The Morgan fingerprint density at radius 2 is 1.73 bits per heavy atom. The zero-order valence-corrected chi connectivity index (χ0v) is 12.4. The van der Waals surface area contributed by atoms with Gasteiger partial charge in [-0.1, -0.05) is 43.3 Å². The third-order valence-electron chi connectivity index (χ3n) is 3.24. The molecule has 1 aliphatic heterocycles. The van der Waals surface area contributed by atoms with Gasteiger partial charge in [0, 0.05) is 17.5 Å². The van der Waals surface area contributed by atoms with E-state index in [1.54, 1.807) is 6.07 Å². The summed E-state index contributed by atoms with van der Waals surface area (Å²) in [6.45, 7) is 2.30. The second-order valence-corrected chi connectivity index (χ2v) is 4.91. The summed E-state index contributed by atoms with van der Waals surface area (Å²) >= 11 is 0. The van der Waals surface area contributed by atoms with Crippen molar-refractivity contribution in [3.8, 4) is 5.75 Å². The van der Waals surface area contributed by atoms with E-state index < -0.39 is 5.97 Å². The lowest BCUT2D eigenvalue weighted by Crippen LogP contribution is -2.01. The number of carboxylic acids is 1. The van der Waals surface area contributed by atoms with Crippen LogP contribution in [0.1, 0.15) is 41.3 Å². The first kappa shape index (κ1) is 15.8. The van der Waals surface area contributed by atoms with Gasteiger partial charge in [-0.3, -0.25) is 9.59 Å². The molecule has 0 saturated heterocycles. The predicted octanol–water partition coefficient (Wildman–Crippen LogP) is 3.68. The molecule has 0 aromatic heterocycles. The quantitative estimate of drug-likeness (QED) is 0.918. The zero-order valence-electron chi connectivity index (χ0n) is 12.4. The SMILES string of the molecule is CCCC(=O)O.O=C1c2ccccc2COc2ccccc21. The molecule has 0 amide bonds. The number of aliphatic carboxylic acids is 1. The first-order chi connectivity index (χ1) is 10.6. The average Bonchev–Trinajstić information content (AvgIpc) is 2.66. The molecule has 114 valence electrons. The van der Waals surface area contributed by atoms with Crippen LogP contribution in [0, 0.1) is 0 Å². The molecule has 0 fully saturated rings. The standard InChI is InChI=1S/C14H10O2.C4H8O2/c15-14-11-6-2-1-5-10(11)9-16-13-8-4-3-7-12(13)14;1-2-3-4(5)6/h1-8H,9H2;2-3H2,1H3,(H,5,6). The van der Waals surface area contributed by atoms with Crippen molar-refractivity contribution < 1.29 is 19.4 Å². The monoisotopic (exact) mass is 298 g/mol. The van der Waals surface area contributed by atoms with Gasteiger partial charge in [-0.25, -0.2) is 0 Å². The molecule has 0 radical (unpaired) electrons. The smallest absolute Gasteiger partial charge is 0.303 e. The van der Waals surface area contributed by atoms with E-state index in [4.69, 9.17) is 9.84 Å². The minimum Gasteiger partial charge on any atom is -0.488 e. The van der Waals surface area contributed by atoms with Crippen LogP contribution in [0.15, 0.2) is 48.5 Å². The summed E-state index contributed by atoms with van der Waals surface area (Å²) in [4.78, 5) is 21.8. The summed E-state index contributed by atoms with van der Waals surface area (Å²) in [6, 6.07) is 15.0. The largest absolute Gasteiger partial charge is 0.488 e. The van der Waals surface area contributed by atoms with Crippen molar-refractivity contribution in [3.63, 3.8) is 0 Å². The third-order valence-corrected chi connectivity index (χ3v) is 3.24. The number of para-hydroxylation sites is 1. The summed E-state index contributed by atoms with van der Waals surface area (Å²) in [6.07, 6.45) is 1.02. The highest BCUT2D eigenvalue weighted by atomic mass is 16.5. The maximum Gasteiger partial charge on any atom is 0.303 e. The number of hydrogen-bond acceptors (Lipinski definition) is 3. The lowest BCUT2D eigenvalue weighted by atomic mass is 9.99. The fourth-order valence-electron chi connectivity index (χ4n) is 2.16. The van der Waals surface area contributed by atoms with E-state index in [1.807, 2.05) is 49.4 Å². The summed E-state index contributed by atoms with van der Waals surface area (Å²) in [5.41, 5.74) is 2.34. The van der Waals surface area contributed by atoms with Crippen LogP contribution in [0.3, 0.4) is 0 Å². The van der Waals surface area contributed by atoms with Gasteiger partial charge in [0.15, 0.2) is 5.78 Å². The molecule has 4 nitrogen and oxygen atoms in total. The van der Waals surface area contributed by atoms with Gasteiger partial charge in [-0.2, -0.15) is 0 Å². The first-order valence-corrected chi connectivity index (χ1v) is 7.19. The lowest BCUT2D eigenvalue weighted by molar-refractivity contribution is -0.137. The Balaban J connectivity index is 0.000000254. The van der Waals surface area contributed by atoms with E-state index in [-0.39, 0.29) is 5.78 Å². The van der Waals surface area contributed by atoms with Crippen molar-refractivity contribution in [2.24, 2.45) is 0 Å². The Labute approximate surface area is 129 Å². The molecule has 0 spiro atoms. The minimum atomic E-state index is -0.711. The Morgan fingerprint density at radius 1 is 1.09 bits per heavy atom. The molecular weight excluding hydrogens is 280 g/mol. The van der Waals surface area contributed by atoms with Crippen LogP contribution >= 0.6 is 0 Å². The van der Waals surface area contributed by atoms with Crippen molar-refractivity contribution in [2.75, 3.05) is 0 Å². The number of hydrogen-bond donors (Lipinski definition) is 1. The molecule has 0 saturated carbocycles. The number of carbonyl (C=O) groups excluding carboxylic acids is 1. The molecule has 2 aromatic rings. The van der Waals surface area contributed by atoms with Crippen molar-refractivity contribution in [2.45, 2.75) is 26.4 Å². The van der Waals surface area contributed by atoms with Crippen LogP contribution in [0.4, 0.5) is 0 Å². The highest BCUT2D eigenvalue weighted by Gasteiger charge is 2.20. The number of ether oxygens (including phenoxy) is 1. The normalized spacial score (nSPS) is 12.0. The number of benzene rings is 2. The fourth-order valence-corrected chi connectivity index (χ4v) is 2.16. The van der Waals surface area contributed by atoms with Crippen molar-refractivity contribution in [1.82, 2.24) is 0 Å². The number of carbonyl (C=O) groups is 2. The molecule has 22 heavy (non-hydrogen) atoms. The summed E-state index contributed by atoms with van der Waals surface area (Å²) < 4.78 is 5.62. The van der Waals surface area contributed by atoms with Gasteiger partial charge in [0.05, 0.1) is 5.56 Å². The fraction of sp³-hybridized carbons (Fsp3) is 0.222. The minimum absolute atomic E-state index is 0.0451. The third kappa shape index (κ3) is 3.73. The molecule has 0 aliphatic carbocycles. The van der Waals surface area contributed by atoms with Crippen LogP contribution in [0.5, 0.6) is 5.75 Å². The summed E-state index contributed by atoms with van der Waals surface area (Å²) in [5, 5.41) is 7.91. The van der Waals surface area contributed by atoms with E-state index in [1.165, 1.54) is 0 Å². The highest BCUT2D eigenvalue weighted by molar-refractivity contribution is 6.11. The zero-order chi connectivity index (χ0) is 15.9. The molecule has 1 heterocycles. The molecule has 0 bridgehead atoms. The van der Waals surface area contributed by atoms with Gasteiger partial charge in [0.25, 0.3) is 0 Å². The number of rotatable bonds is 2. The van der Waals surface area contributed by atoms with Crippen LogP contribution in [0.25, 0.3) is 0 Å². The second kappa shape index (κ2) is 7.41. The van der Waals surface area contributed by atoms with Gasteiger partial charge in [-0.15, -0.1) is 0 Å². The molecule has 2 aromatic carbocycles. The van der Waals surface area contributed by atoms with E-state index >= 15 is 0 Å². The number of carboxylic acid groups (broad SMARTS) is 1. The first-order valence-electron chi connectivity index (χ1n) is 7.19. The van der Waals surface area contributed by atoms with Crippen LogP contribution in [-0.2, 0) is 11.4 Å². The van der Waals surface area contributed by atoms with Crippen LogP contribution < -0.4 is 4.74 Å². The Bertz CT molecular complexity index is 627. The topological polar surface area (TPSA) is 63.6 Å². The highest BCUT2D eigenvalue weighted by Crippen LogP contribution is 2.27. The predicted molar refractivity (Wildman–Crippen MR) is 83.2 cm³/mol. The number of ketones is 1. The maximum absolute atomic E-state index is 12.2. The van der Waals surface area contributed by atoms with E-state index in [2.05, 4.69) is 0 Å². The van der Waals surface area contributed by atoms with Gasteiger partial charge < -0.3 is 9.84 Å². The average molecular weight is 298 g/mol. The van der Waals surface area contributed by atoms with Gasteiger partial charge in [-0.05, 0) is 18.6 Å². The van der Waals surface area contributed by atoms with Crippen LogP contribution in [-0.4, -0.2) is 16.9 Å². The summed E-state index contributed by atoms with van der Waals surface area (Å²) in [7, 11) is 0. The van der Waals surface area contributed by atoms with Gasteiger partial charge in [0.2, 0.25) is 0 Å². The van der Waals surface area contributed by atoms with Crippen molar-refractivity contribution in [3.05, 3.63) is 65.2 Å². The van der Waals surface area contributed by atoms with Crippen LogP contribution in [0.2, 0.25) is 0 Å². The van der Waals surface area contributed by atoms with Gasteiger partial charge >= 0.3 is 5.97 Å². The Kier molecular flexibility index (Phi) is 5.31. The lowest BCUT2D eigenvalue weighted by Gasteiger charge is -2.04. The molecule has 0 atom stereocenters. The molecule has 4 heteroatoms. The molecular formula is C18H18O4. The maximum atomic E-state index is 12.2. The Hall–Kier alpha value is -2.62. The van der Waals surface area contributed by atoms with E-state index in [9.17, 15) is 9.59 Å². The molecule has 1 aliphatic rings. The summed E-state index contributed by atoms with van der Waals surface area (Å²) in [5.74, 6) is 0.00454. The number of fused-ring (bicyclic) bond motifs is 2. The molecule has 1 N–H and O–H groups in total. The molecule has 0 unspecified atom stereocenters. The molecule has 3 rings (SSSR count). The van der Waals surface area contributed by atoms with E-state index in [0.29, 0.717) is 24.3 Å². The Morgan fingerprint density at radius 3 is 2.36 bits per heavy atom. The second-order valence-electron chi connectivity index (χ2n) is 4.91. The van der Waals surface area contributed by atoms with E-state index in [0.717, 1.165) is 17.5 Å². The van der Waals surface area contributed by atoms with Crippen molar-refractivity contribution in [1.29, 1.82) is 0 Å².